The molecule has 0 bridgehead atoms. The second-order valence-corrected chi connectivity index (χ2v) is 8.88. The fraction of sp³-hybridized carbons (Fsp3) is 0.500. The van der Waals surface area contributed by atoms with Crippen LogP contribution in [0.2, 0.25) is 0 Å². The molecule has 31 heavy (non-hydrogen) atoms. The number of hydrogen-bond donors (Lipinski definition) is 0. The summed E-state index contributed by atoms with van der Waals surface area (Å²) in [4.78, 5) is 12.1. The lowest BCUT2D eigenvalue weighted by molar-refractivity contribution is 0.0632. The molecule has 0 radical (unpaired) electrons. The quantitative estimate of drug-likeness (QED) is 0.383. The van der Waals surface area contributed by atoms with E-state index in [-0.39, 0.29) is 5.41 Å². The zero-order valence-electron chi connectivity index (χ0n) is 19.1. The van der Waals surface area contributed by atoms with Crippen molar-refractivity contribution in [2.75, 3.05) is 27.4 Å². The van der Waals surface area contributed by atoms with E-state index >= 15 is 0 Å². The van der Waals surface area contributed by atoms with E-state index in [1.807, 2.05) is 36.4 Å². The fourth-order valence-corrected chi connectivity index (χ4v) is 4.23. The molecule has 1 aliphatic carbocycles. The van der Waals surface area contributed by atoms with Crippen molar-refractivity contribution in [2.24, 2.45) is 11.8 Å². The maximum absolute atomic E-state index is 12.1. The minimum absolute atomic E-state index is 0.188. The Labute approximate surface area is 185 Å². The van der Waals surface area contributed by atoms with E-state index < -0.39 is 6.16 Å². The number of hydrogen-bond acceptors (Lipinski definition) is 5. The van der Waals surface area contributed by atoms with E-state index in [9.17, 15) is 4.79 Å². The van der Waals surface area contributed by atoms with Gasteiger partial charge in [-0.2, -0.15) is 0 Å². The Bertz CT molecular complexity index is 818. The summed E-state index contributed by atoms with van der Waals surface area (Å²) in [7, 11) is 3.41. The zero-order chi connectivity index (χ0) is 22.3. The summed E-state index contributed by atoms with van der Waals surface area (Å²) in [6, 6.07) is 15.7. The summed E-state index contributed by atoms with van der Waals surface area (Å²) in [5.74, 6) is 2.37. The van der Waals surface area contributed by atoms with Crippen molar-refractivity contribution in [3.05, 3.63) is 59.7 Å². The molecule has 0 unspecified atom stereocenters. The van der Waals surface area contributed by atoms with Crippen LogP contribution >= 0.6 is 0 Å². The average molecular weight is 427 g/mol. The molecule has 0 N–H and O–H groups in total. The van der Waals surface area contributed by atoms with Gasteiger partial charge in [-0.25, -0.2) is 4.79 Å². The Morgan fingerprint density at radius 2 is 1.29 bits per heavy atom. The van der Waals surface area contributed by atoms with Crippen molar-refractivity contribution >= 4 is 6.16 Å². The largest absolute Gasteiger partial charge is 0.513 e. The highest BCUT2D eigenvalue weighted by Gasteiger charge is 2.24. The number of rotatable bonds is 8. The maximum atomic E-state index is 12.1. The molecule has 168 valence electrons. The third kappa shape index (κ3) is 6.23. The maximum Gasteiger partial charge on any atom is 0.513 e. The summed E-state index contributed by atoms with van der Waals surface area (Å²) < 4.78 is 21.2. The van der Waals surface area contributed by atoms with Gasteiger partial charge in [-0.15, -0.1) is 0 Å². The number of benzene rings is 2. The van der Waals surface area contributed by atoms with Gasteiger partial charge in [-0.1, -0.05) is 38.1 Å². The van der Waals surface area contributed by atoms with Crippen LogP contribution in [0, 0.1) is 11.8 Å². The molecule has 0 amide bonds. The van der Waals surface area contributed by atoms with Crippen LogP contribution in [0.5, 0.6) is 11.5 Å². The second kappa shape index (κ2) is 10.7. The first-order valence-corrected chi connectivity index (χ1v) is 11.0. The minimum Gasteiger partial charge on any atom is -0.497 e. The van der Waals surface area contributed by atoms with Gasteiger partial charge < -0.3 is 18.9 Å². The standard InChI is InChI=1S/C26H34O5/c1-26(2,21-9-13-23(29-4)14-10-21)22-11-15-24(16-12-22)31-25(27)30-18-20-7-5-19(6-8-20)17-28-3/h9-16,19-20H,5-8,17-18H2,1-4H3. The Kier molecular flexibility index (Phi) is 7.97. The Hall–Kier alpha value is -2.53. The normalized spacial score (nSPS) is 19.0. The van der Waals surface area contributed by atoms with Crippen molar-refractivity contribution in [3.8, 4) is 11.5 Å². The Balaban J connectivity index is 1.50. The van der Waals surface area contributed by atoms with Crippen LogP contribution in [-0.4, -0.2) is 33.6 Å². The molecule has 5 nitrogen and oxygen atoms in total. The molecule has 1 saturated carbocycles. The first-order valence-electron chi connectivity index (χ1n) is 11.0. The van der Waals surface area contributed by atoms with Crippen molar-refractivity contribution in [1.82, 2.24) is 0 Å². The smallest absolute Gasteiger partial charge is 0.497 e. The highest BCUT2D eigenvalue weighted by molar-refractivity contribution is 5.63. The van der Waals surface area contributed by atoms with Crippen LogP contribution in [0.15, 0.2) is 48.5 Å². The Morgan fingerprint density at radius 3 is 1.77 bits per heavy atom. The third-order valence-electron chi connectivity index (χ3n) is 6.39. The van der Waals surface area contributed by atoms with E-state index in [1.165, 1.54) is 5.56 Å². The number of carbonyl (C=O) groups is 1. The summed E-state index contributed by atoms with van der Waals surface area (Å²) in [6.45, 7) is 5.57. The van der Waals surface area contributed by atoms with E-state index in [1.54, 1.807) is 14.2 Å². The molecular weight excluding hydrogens is 392 g/mol. The zero-order valence-corrected chi connectivity index (χ0v) is 19.1. The predicted molar refractivity (Wildman–Crippen MR) is 121 cm³/mol. The second-order valence-electron chi connectivity index (χ2n) is 8.88. The lowest BCUT2D eigenvalue weighted by Crippen LogP contribution is -2.23. The number of carbonyl (C=O) groups excluding carboxylic acids is 1. The lowest BCUT2D eigenvalue weighted by Gasteiger charge is -2.27. The number of methoxy groups -OCH3 is 2. The van der Waals surface area contributed by atoms with Gasteiger partial charge in [0.1, 0.15) is 11.5 Å². The molecule has 0 aromatic heterocycles. The van der Waals surface area contributed by atoms with Gasteiger partial charge in [-0.05, 0) is 72.9 Å². The molecule has 1 aliphatic rings. The first-order chi connectivity index (χ1) is 14.9. The van der Waals surface area contributed by atoms with E-state index in [4.69, 9.17) is 18.9 Å². The monoisotopic (exact) mass is 426 g/mol. The SMILES string of the molecule is COCC1CCC(COC(=O)Oc2ccc(C(C)(C)c3ccc(OC)cc3)cc2)CC1. The molecule has 0 heterocycles. The highest BCUT2D eigenvalue weighted by atomic mass is 16.7. The van der Waals surface area contributed by atoms with Crippen LogP contribution < -0.4 is 9.47 Å². The lowest BCUT2D eigenvalue weighted by atomic mass is 9.78. The van der Waals surface area contributed by atoms with Crippen LogP contribution in [-0.2, 0) is 14.9 Å². The topological polar surface area (TPSA) is 54.0 Å². The van der Waals surface area contributed by atoms with Gasteiger partial charge in [-0.3, -0.25) is 0 Å². The molecule has 2 aromatic rings. The average Bonchev–Trinajstić information content (AvgIpc) is 2.79. The van der Waals surface area contributed by atoms with Gasteiger partial charge in [0.25, 0.3) is 0 Å². The fourth-order valence-electron chi connectivity index (χ4n) is 4.23. The number of ether oxygens (including phenoxy) is 4. The molecule has 0 saturated heterocycles. The van der Waals surface area contributed by atoms with Crippen LogP contribution in [0.4, 0.5) is 4.79 Å². The summed E-state index contributed by atoms with van der Waals surface area (Å²) >= 11 is 0. The van der Waals surface area contributed by atoms with Crippen LogP contribution in [0.3, 0.4) is 0 Å². The molecule has 0 aliphatic heterocycles. The molecule has 3 rings (SSSR count). The molecule has 0 spiro atoms. The molecule has 5 heteroatoms. The molecular formula is C26H34O5. The van der Waals surface area contributed by atoms with E-state index in [0.29, 0.717) is 24.2 Å². The summed E-state index contributed by atoms with van der Waals surface area (Å²) in [5, 5.41) is 0. The molecule has 0 atom stereocenters. The summed E-state index contributed by atoms with van der Waals surface area (Å²) in [5.41, 5.74) is 2.13. The van der Waals surface area contributed by atoms with Gasteiger partial charge in [0.2, 0.25) is 0 Å². The first kappa shape index (κ1) is 23.1. The van der Waals surface area contributed by atoms with Crippen molar-refractivity contribution in [2.45, 2.75) is 44.9 Å². The van der Waals surface area contributed by atoms with Crippen molar-refractivity contribution in [1.29, 1.82) is 0 Å². The Morgan fingerprint density at radius 1 is 0.806 bits per heavy atom. The molecule has 1 fully saturated rings. The minimum atomic E-state index is -0.638. The molecule has 2 aromatic carbocycles. The van der Waals surface area contributed by atoms with Crippen LogP contribution in [0.1, 0.15) is 50.7 Å². The van der Waals surface area contributed by atoms with Gasteiger partial charge in [0.15, 0.2) is 0 Å². The van der Waals surface area contributed by atoms with Gasteiger partial charge >= 0.3 is 6.16 Å². The van der Waals surface area contributed by atoms with Gasteiger partial charge in [0, 0.05) is 19.1 Å². The highest BCUT2D eigenvalue weighted by Crippen LogP contribution is 2.33. The van der Waals surface area contributed by atoms with Gasteiger partial charge in [0.05, 0.1) is 13.7 Å². The van der Waals surface area contributed by atoms with Crippen LogP contribution in [0.25, 0.3) is 0 Å². The van der Waals surface area contributed by atoms with Crippen molar-refractivity contribution in [3.63, 3.8) is 0 Å². The van der Waals surface area contributed by atoms with Crippen molar-refractivity contribution < 1.29 is 23.7 Å². The van der Waals surface area contributed by atoms with E-state index in [0.717, 1.165) is 43.6 Å². The van der Waals surface area contributed by atoms with E-state index in [2.05, 4.69) is 26.0 Å². The predicted octanol–water partition coefficient (Wildman–Crippen LogP) is 5.99. The third-order valence-corrected chi connectivity index (χ3v) is 6.39. The summed E-state index contributed by atoms with van der Waals surface area (Å²) in [6.07, 6.45) is 3.75.